The maximum Gasteiger partial charge on any atom is 0.119 e. The Hall–Kier alpha value is -1.88. The van der Waals surface area contributed by atoms with Crippen LogP contribution < -0.4 is 10.1 Å². The number of nitrogens with one attached hydrogen (secondary N) is 1. The van der Waals surface area contributed by atoms with Crippen molar-refractivity contribution < 1.29 is 9.84 Å². The van der Waals surface area contributed by atoms with Gasteiger partial charge in [-0.25, -0.2) is 0 Å². The smallest absolute Gasteiger partial charge is 0.119 e. The highest BCUT2D eigenvalue weighted by atomic mass is 16.5. The van der Waals surface area contributed by atoms with Gasteiger partial charge in [-0.1, -0.05) is 61.7 Å². The van der Waals surface area contributed by atoms with Gasteiger partial charge in [-0.2, -0.15) is 0 Å². The highest BCUT2D eigenvalue weighted by molar-refractivity contribution is 5.27. The molecule has 152 valence electrons. The van der Waals surface area contributed by atoms with Gasteiger partial charge < -0.3 is 15.2 Å². The Morgan fingerprint density at radius 3 is 2.43 bits per heavy atom. The second-order valence-electron chi connectivity index (χ2n) is 8.01. The van der Waals surface area contributed by atoms with Crippen molar-refractivity contribution in [3.8, 4) is 5.75 Å². The van der Waals surface area contributed by atoms with Gasteiger partial charge in [-0.3, -0.25) is 4.90 Å². The molecule has 1 atom stereocenters. The highest BCUT2D eigenvalue weighted by Gasteiger charge is 2.12. The number of likely N-dealkylation sites (N-methyl/N-ethyl adjacent to an activating group) is 1. The molecule has 2 aromatic carbocycles. The van der Waals surface area contributed by atoms with Crippen LogP contribution in [0.2, 0.25) is 0 Å². The first kappa shape index (κ1) is 20.8. The third kappa shape index (κ3) is 7.27. The summed E-state index contributed by atoms with van der Waals surface area (Å²) in [5, 5.41) is 13.9. The summed E-state index contributed by atoms with van der Waals surface area (Å²) in [4.78, 5) is 2.11. The molecule has 0 bridgehead atoms. The van der Waals surface area contributed by atoms with E-state index in [9.17, 15) is 5.11 Å². The zero-order chi connectivity index (χ0) is 19.6. The Balaban J connectivity index is 1.35. The molecule has 3 rings (SSSR count). The Morgan fingerprint density at radius 1 is 1.00 bits per heavy atom. The predicted octanol–water partition coefficient (Wildman–Crippen LogP) is 3.98. The van der Waals surface area contributed by atoms with Gasteiger partial charge in [-0.05, 0) is 43.1 Å². The van der Waals surface area contributed by atoms with Crippen LogP contribution in [0, 0.1) is 0 Å². The predicted molar refractivity (Wildman–Crippen MR) is 114 cm³/mol. The van der Waals surface area contributed by atoms with Crippen LogP contribution in [0.4, 0.5) is 0 Å². The van der Waals surface area contributed by atoms with Gasteiger partial charge in [0.1, 0.15) is 18.5 Å². The third-order valence-corrected chi connectivity index (χ3v) is 5.38. The van der Waals surface area contributed by atoms with Gasteiger partial charge in [0.2, 0.25) is 0 Å². The summed E-state index contributed by atoms with van der Waals surface area (Å²) in [7, 11) is 2.02. The van der Waals surface area contributed by atoms with Crippen molar-refractivity contribution in [1.29, 1.82) is 0 Å². The molecule has 4 heteroatoms. The lowest BCUT2D eigenvalue weighted by Crippen LogP contribution is -2.32. The monoisotopic (exact) mass is 382 g/mol. The van der Waals surface area contributed by atoms with Crippen molar-refractivity contribution in [3.63, 3.8) is 0 Å². The van der Waals surface area contributed by atoms with Crippen LogP contribution in [-0.4, -0.2) is 42.4 Å². The maximum absolute atomic E-state index is 10.3. The average Bonchev–Trinajstić information content (AvgIpc) is 2.73. The summed E-state index contributed by atoms with van der Waals surface area (Å²) < 4.78 is 5.77. The first-order valence-electron chi connectivity index (χ1n) is 10.5. The van der Waals surface area contributed by atoms with Crippen LogP contribution in [0.25, 0.3) is 0 Å². The summed E-state index contributed by atoms with van der Waals surface area (Å²) in [6.45, 7) is 2.62. The number of benzene rings is 2. The lowest BCUT2D eigenvalue weighted by molar-refractivity contribution is 0.0744. The fourth-order valence-corrected chi connectivity index (χ4v) is 3.84. The summed E-state index contributed by atoms with van der Waals surface area (Å²) in [6, 6.07) is 19.2. The quantitative estimate of drug-likeness (QED) is 0.652. The van der Waals surface area contributed by atoms with E-state index in [2.05, 4.69) is 34.5 Å². The van der Waals surface area contributed by atoms with E-state index in [0.717, 1.165) is 18.8 Å². The number of ether oxygens (including phenoxy) is 1. The zero-order valence-electron chi connectivity index (χ0n) is 17.0. The van der Waals surface area contributed by atoms with Crippen LogP contribution in [0.15, 0.2) is 54.6 Å². The lowest BCUT2D eigenvalue weighted by Gasteiger charge is -2.23. The molecule has 1 saturated carbocycles. The molecule has 1 aliphatic rings. The average molecular weight is 383 g/mol. The fourth-order valence-electron chi connectivity index (χ4n) is 3.84. The SMILES string of the molecule is CN(Cc1ccccc1)C[C@@H](O)COc1ccc(CNC2CCCCC2)cc1. The second-order valence-corrected chi connectivity index (χ2v) is 8.01. The number of hydrogen-bond donors (Lipinski definition) is 2. The number of nitrogens with zero attached hydrogens (tertiary/aromatic N) is 1. The molecule has 0 unspecified atom stereocenters. The molecule has 1 fully saturated rings. The van der Waals surface area contributed by atoms with Crippen LogP contribution in [0.1, 0.15) is 43.2 Å². The molecule has 0 radical (unpaired) electrons. The molecule has 0 amide bonds. The van der Waals surface area contributed by atoms with Crippen LogP contribution in [-0.2, 0) is 13.1 Å². The molecule has 4 nitrogen and oxygen atoms in total. The maximum atomic E-state index is 10.3. The summed E-state index contributed by atoms with van der Waals surface area (Å²) in [5.74, 6) is 0.811. The fraction of sp³-hybridized carbons (Fsp3) is 0.500. The first-order valence-corrected chi connectivity index (χ1v) is 10.5. The molecular formula is C24H34N2O2. The molecule has 2 aromatic rings. The van der Waals surface area contributed by atoms with Crippen molar-refractivity contribution in [2.45, 2.75) is 57.3 Å². The molecule has 0 aliphatic heterocycles. The minimum atomic E-state index is -0.513. The minimum absolute atomic E-state index is 0.304. The summed E-state index contributed by atoms with van der Waals surface area (Å²) >= 11 is 0. The molecule has 0 heterocycles. The van der Waals surface area contributed by atoms with Crippen molar-refractivity contribution in [1.82, 2.24) is 10.2 Å². The van der Waals surface area contributed by atoms with Gasteiger partial charge in [0, 0.05) is 25.7 Å². The van der Waals surface area contributed by atoms with Gasteiger partial charge in [0.15, 0.2) is 0 Å². The van der Waals surface area contributed by atoms with Crippen LogP contribution in [0.5, 0.6) is 5.75 Å². The molecule has 0 spiro atoms. The number of hydrogen-bond acceptors (Lipinski definition) is 4. The Kier molecular flexibility index (Phi) is 8.34. The van der Waals surface area contributed by atoms with Gasteiger partial charge >= 0.3 is 0 Å². The van der Waals surface area contributed by atoms with Gasteiger partial charge in [0.25, 0.3) is 0 Å². The largest absolute Gasteiger partial charge is 0.491 e. The third-order valence-electron chi connectivity index (χ3n) is 5.38. The van der Waals surface area contributed by atoms with Crippen molar-refractivity contribution in [2.75, 3.05) is 20.2 Å². The minimum Gasteiger partial charge on any atom is -0.491 e. The Labute approximate surface area is 169 Å². The second kappa shape index (κ2) is 11.2. The highest BCUT2D eigenvalue weighted by Crippen LogP contribution is 2.18. The molecule has 28 heavy (non-hydrogen) atoms. The van der Waals surface area contributed by atoms with Crippen LogP contribution >= 0.6 is 0 Å². The van der Waals surface area contributed by atoms with E-state index in [0.29, 0.717) is 19.2 Å². The van der Waals surface area contributed by atoms with E-state index in [1.54, 1.807) is 0 Å². The van der Waals surface area contributed by atoms with Gasteiger partial charge in [0.05, 0.1) is 0 Å². The van der Waals surface area contributed by atoms with Crippen molar-refractivity contribution in [3.05, 3.63) is 65.7 Å². The van der Waals surface area contributed by atoms with E-state index in [1.165, 1.54) is 43.2 Å². The first-order chi connectivity index (χ1) is 13.7. The van der Waals surface area contributed by atoms with Crippen molar-refractivity contribution in [2.24, 2.45) is 0 Å². The van der Waals surface area contributed by atoms with Crippen molar-refractivity contribution >= 4 is 0 Å². The lowest BCUT2D eigenvalue weighted by atomic mass is 9.95. The molecule has 0 aromatic heterocycles. The Bertz CT molecular complexity index is 669. The van der Waals surface area contributed by atoms with E-state index in [4.69, 9.17) is 4.74 Å². The Morgan fingerprint density at radius 2 is 1.71 bits per heavy atom. The van der Waals surface area contributed by atoms with Crippen LogP contribution in [0.3, 0.4) is 0 Å². The number of aliphatic hydroxyl groups excluding tert-OH is 1. The molecule has 2 N–H and O–H groups in total. The number of aliphatic hydroxyl groups is 1. The van der Waals surface area contributed by atoms with E-state index < -0.39 is 6.10 Å². The van der Waals surface area contributed by atoms with E-state index in [-0.39, 0.29) is 0 Å². The topological polar surface area (TPSA) is 44.7 Å². The number of rotatable bonds is 10. The van der Waals surface area contributed by atoms with E-state index >= 15 is 0 Å². The summed E-state index contributed by atoms with van der Waals surface area (Å²) in [5.41, 5.74) is 2.52. The molecular weight excluding hydrogens is 348 g/mol. The standard InChI is InChI=1S/C24H34N2O2/c1-26(17-21-8-4-2-5-9-21)18-23(27)19-28-24-14-12-20(13-15-24)16-25-22-10-6-3-7-11-22/h2,4-5,8-9,12-15,22-23,25,27H,3,6-7,10-11,16-19H2,1H3/t23-/m1/s1. The van der Waals surface area contributed by atoms with E-state index in [1.807, 2.05) is 37.4 Å². The molecule has 1 aliphatic carbocycles. The normalized spacial score (nSPS) is 16.2. The molecule has 0 saturated heterocycles. The summed E-state index contributed by atoms with van der Waals surface area (Å²) in [6.07, 6.45) is 6.19. The van der Waals surface area contributed by atoms with Gasteiger partial charge in [-0.15, -0.1) is 0 Å². The zero-order valence-corrected chi connectivity index (χ0v) is 17.0.